The van der Waals surface area contributed by atoms with E-state index in [0.717, 1.165) is 6.54 Å². The van der Waals surface area contributed by atoms with E-state index < -0.39 is 0 Å². The minimum atomic E-state index is 0.682. The fourth-order valence-electron chi connectivity index (χ4n) is 2.39. The van der Waals surface area contributed by atoms with Crippen molar-refractivity contribution in [3.8, 4) is 0 Å². The van der Waals surface area contributed by atoms with Gasteiger partial charge in [0.25, 0.3) is 0 Å². The maximum atomic E-state index is 3.50. The van der Waals surface area contributed by atoms with Crippen LogP contribution in [0.15, 0.2) is 35.1 Å². The number of rotatable bonds is 4. The van der Waals surface area contributed by atoms with Crippen molar-refractivity contribution in [2.45, 2.75) is 53.4 Å². The van der Waals surface area contributed by atoms with E-state index in [0.29, 0.717) is 5.92 Å². The zero-order valence-corrected chi connectivity index (χ0v) is 11.8. The number of hydrogen-bond acceptors (Lipinski definition) is 1. The number of hydrogen-bond donors (Lipinski definition) is 1. The molecule has 1 aliphatic rings. The van der Waals surface area contributed by atoms with Gasteiger partial charge in [-0.25, -0.2) is 0 Å². The van der Waals surface area contributed by atoms with Crippen molar-refractivity contribution in [3.05, 3.63) is 35.1 Å². The molecule has 0 radical (unpaired) electrons. The molecule has 17 heavy (non-hydrogen) atoms. The Morgan fingerprint density at radius 2 is 2.24 bits per heavy atom. The van der Waals surface area contributed by atoms with Gasteiger partial charge in [0.1, 0.15) is 0 Å². The summed E-state index contributed by atoms with van der Waals surface area (Å²) in [6.45, 7) is 10.1. The van der Waals surface area contributed by atoms with Gasteiger partial charge >= 0.3 is 0 Å². The lowest BCUT2D eigenvalue weighted by Gasteiger charge is -2.11. The molecule has 0 saturated carbocycles. The summed E-state index contributed by atoms with van der Waals surface area (Å²) in [4.78, 5) is 0. The Bertz CT molecular complexity index is 320. The minimum absolute atomic E-state index is 0.682. The zero-order chi connectivity index (χ0) is 12.7. The zero-order valence-electron chi connectivity index (χ0n) is 11.8. The standard InChI is InChI=1S/C16H27N/c1-5-8-13(2)9-6-11-16-14(3)10-7-12-17-15(16)4/h6,9,11,14,17H,5,7-8,10,12H2,1-4H3/b11-6-,13-9+. The molecule has 1 aliphatic heterocycles. The van der Waals surface area contributed by atoms with E-state index in [-0.39, 0.29) is 0 Å². The largest absolute Gasteiger partial charge is 0.388 e. The Hall–Kier alpha value is -0.980. The Balaban J connectivity index is 2.70. The van der Waals surface area contributed by atoms with Crippen LogP contribution >= 0.6 is 0 Å². The molecular weight excluding hydrogens is 206 g/mol. The van der Waals surface area contributed by atoms with Crippen molar-refractivity contribution in [2.75, 3.05) is 6.54 Å². The van der Waals surface area contributed by atoms with Crippen molar-refractivity contribution in [2.24, 2.45) is 5.92 Å². The molecule has 1 rings (SSSR count). The Kier molecular flexibility index (Phi) is 6.10. The molecule has 0 amide bonds. The predicted octanol–water partition coefficient (Wildman–Crippen LogP) is 4.58. The van der Waals surface area contributed by atoms with E-state index in [1.165, 1.54) is 42.5 Å². The van der Waals surface area contributed by atoms with Crippen molar-refractivity contribution in [1.82, 2.24) is 5.32 Å². The van der Waals surface area contributed by atoms with E-state index in [4.69, 9.17) is 0 Å². The molecule has 0 aromatic rings. The Labute approximate surface area is 107 Å². The molecule has 0 aliphatic carbocycles. The van der Waals surface area contributed by atoms with Crippen LogP contribution < -0.4 is 5.32 Å². The van der Waals surface area contributed by atoms with Gasteiger partial charge in [-0.3, -0.25) is 0 Å². The highest BCUT2D eigenvalue weighted by Crippen LogP contribution is 2.23. The van der Waals surface area contributed by atoms with Crippen LogP contribution in [-0.2, 0) is 0 Å². The summed E-state index contributed by atoms with van der Waals surface area (Å²) in [5.41, 5.74) is 4.30. The van der Waals surface area contributed by atoms with Crippen LogP contribution in [0, 0.1) is 5.92 Å². The average molecular weight is 233 g/mol. The summed E-state index contributed by atoms with van der Waals surface area (Å²) in [7, 11) is 0. The molecule has 1 nitrogen and oxygen atoms in total. The van der Waals surface area contributed by atoms with E-state index in [9.17, 15) is 0 Å². The molecule has 1 N–H and O–H groups in total. The van der Waals surface area contributed by atoms with Gasteiger partial charge in [0.2, 0.25) is 0 Å². The smallest absolute Gasteiger partial charge is 0.0144 e. The molecule has 1 atom stereocenters. The van der Waals surface area contributed by atoms with E-state index in [1.807, 2.05) is 0 Å². The van der Waals surface area contributed by atoms with E-state index >= 15 is 0 Å². The van der Waals surface area contributed by atoms with Gasteiger partial charge in [0.15, 0.2) is 0 Å². The van der Waals surface area contributed by atoms with Crippen molar-refractivity contribution >= 4 is 0 Å². The Morgan fingerprint density at radius 1 is 1.47 bits per heavy atom. The second kappa shape index (κ2) is 7.37. The average Bonchev–Trinajstić information content (AvgIpc) is 2.43. The maximum absolute atomic E-state index is 3.50. The molecule has 0 aromatic heterocycles. The number of allylic oxidation sites excluding steroid dienone is 6. The lowest BCUT2D eigenvalue weighted by molar-refractivity contribution is 0.602. The van der Waals surface area contributed by atoms with Crippen LogP contribution in [0.5, 0.6) is 0 Å². The van der Waals surface area contributed by atoms with E-state index in [1.54, 1.807) is 0 Å². The summed E-state index contributed by atoms with van der Waals surface area (Å²) in [6.07, 6.45) is 11.8. The van der Waals surface area contributed by atoms with E-state index in [2.05, 4.69) is 51.2 Å². The SMILES string of the molecule is CCC/C(C)=C/C=C\C1=C(C)NCCCC1C. The molecule has 0 bridgehead atoms. The monoisotopic (exact) mass is 233 g/mol. The topological polar surface area (TPSA) is 12.0 Å². The van der Waals surface area contributed by atoms with Crippen LogP contribution in [0.25, 0.3) is 0 Å². The lowest BCUT2D eigenvalue weighted by Crippen LogP contribution is -2.11. The molecule has 1 unspecified atom stereocenters. The van der Waals surface area contributed by atoms with Crippen molar-refractivity contribution in [3.63, 3.8) is 0 Å². The molecule has 0 fully saturated rings. The van der Waals surface area contributed by atoms with Gasteiger partial charge in [-0.1, -0.05) is 44.1 Å². The molecule has 96 valence electrons. The first-order valence-electron chi connectivity index (χ1n) is 6.93. The third-order valence-corrected chi connectivity index (χ3v) is 3.47. The normalized spacial score (nSPS) is 22.8. The molecule has 0 saturated heterocycles. The minimum Gasteiger partial charge on any atom is -0.388 e. The quantitative estimate of drug-likeness (QED) is 0.701. The van der Waals surface area contributed by atoms with Gasteiger partial charge < -0.3 is 5.32 Å². The van der Waals surface area contributed by atoms with Gasteiger partial charge in [0, 0.05) is 12.2 Å². The molecule has 1 heterocycles. The fourth-order valence-corrected chi connectivity index (χ4v) is 2.39. The summed E-state index contributed by atoms with van der Waals surface area (Å²) in [5, 5.41) is 3.50. The third kappa shape index (κ3) is 4.80. The third-order valence-electron chi connectivity index (χ3n) is 3.47. The highest BCUT2D eigenvalue weighted by Gasteiger charge is 2.12. The highest BCUT2D eigenvalue weighted by atomic mass is 14.9. The van der Waals surface area contributed by atoms with Gasteiger partial charge in [-0.2, -0.15) is 0 Å². The second-order valence-electron chi connectivity index (χ2n) is 5.17. The first kappa shape index (κ1) is 14.1. The van der Waals surface area contributed by atoms with Crippen LogP contribution in [0.2, 0.25) is 0 Å². The molecule has 0 spiro atoms. The molecular formula is C16H27N. The highest BCUT2D eigenvalue weighted by molar-refractivity contribution is 5.29. The lowest BCUT2D eigenvalue weighted by atomic mass is 9.95. The molecule has 1 heteroatoms. The summed E-state index contributed by atoms with van der Waals surface area (Å²) >= 11 is 0. The maximum Gasteiger partial charge on any atom is 0.0144 e. The van der Waals surface area contributed by atoms with Crippen LogP contribution in [-0.4, -0.2) is 6.54 Å². The van der Waals surface area contributed by atoms with Gasteiger partial charge in [-0.05, 0) is 44.6 Å². The van der Waals surface area contributed by atoms with Crippen LogP contribution in [0.4, 0.5) is 0 Å². The fraction of sp³-hybridized carbons (Fsp3) is 0.625. The molecule has 0 aromatic carbocycles. The summed E-state index contributed by atoms with van der Waals surface area (Å²) in [6, 6.07) is 0. The second-order valence-corrected chi connectivity index (χ2v) is 5.17. The first-order valence-corrected chi connectivity index (χ1v) is 6.93. The van der Waals surface area contributed by atoms with Crippen molar-refractivity contribution in [1.29, 1.82) is 0 Å². The van der Waals surface area contributed by atoms with Gasteiger partial charge in [-0.15, -0.1) is 0 Å². The first-order chi connectivity index (χ1) is 8.15. The summed E-state index contributed by atoms with van der Waals surface area (Å²) in [5.74, 6) is 0.682. The van der Waals surface area contributed by atoms with Crippen LogP contribution in [0.3, 0.4) is 0 Å². The Morgan fingerprint density at radius 3 is 2.94 bits per heavy atom. The van der Waals surface area contributed by atoms with Crippen LogP contribution in [0.1, 0.15) is 53.4 Å². The van der Waals surface area contributed by atoms with Crippen molar-refractivity contribution < 1.29 is 0 Å². The predicted molar refractivity (Wildman–Crippen MR) is 76.9 cm³/mol. The van der Waals surface area contributed by atoms with Gasteiger partial charge in [0.05, 0.1) is 0 Å². The summed E-state index contributed by atoms with van der Waals surface area (Å²) < 4.78 is 0. The number of nitrogens with one attached hydrogen (secondary N) is 1.